The van der Waals surface area contributed by atoms with Crippen LogP contribution in [0.5, 0.6) is 11.5 Å². The van der Waals surface area contributed by atoms with Crippen LogP contribution in [0.1, 0.15) is 29.9 Å². The van der Waals surface area contributed by atoms with Crippen molar-refractivity contribution < 1.29 is 9.47 Å². The molecule has 2 aliphatic carbocycles. The normalized spacial score (nSPS) is 31.9. The number of hydrogen-bond donors (Lipinski definition) is 0. The molecule has 0 N–H and O–H groups in total. The van der Waals surface area contributed by atoms with Gasteiger partial charge in [0.15, 0.2) is 11.5 Å². The highest BCUT2D eigenvalue weighted by molar-refractivity contribution is 5.57. The number of aryl methyl sites for hydroxylation is 1. The summed E-state index contributed by atoms with van der Waals surface area (Å²) in [5.41, 5.74) is 2.91. The number of methoxy groups -OCH3 is 1. The van der Waals surface area contributed by atoms with Gasteiger partial charge in [-0.2, -0.15) is 0 Å². The van der Waals surface area contributed by atoms with Crippen LogP contribution in [0.25, 0.3) is 0 Å². The molecule has 2 heteroatoms. The molecule has 0 saturated carbocycles. The Morgan fingerprint density at radius 3 is 3.18 bits per heavy atom. The fourth-order valence-corrected chi connectivity index (χ4v) is 3.69. The molecule has 0 spiro atoms. The minimum Gasteiger partial charge on any atom is -0.493 e. The summed E-state index contributed by atoms with van der Waals surface area (Å²) >= 11 is 0. The zero-order chi connectivity index (χ0) is 11.4. The topological polar surface area (TPSA) is 18.5 Å². The molecule has 0 bridgehead atoms. The van der Waals surface area contributed by atoms with E-state index in [4.69, 9.17) is 9.47 Å². The molecule has 88 valence electrons. The Hall–Kier alpha value is -1.44. The standard InChI is InChI=1S/C15H16O2/c1-16-12-8-7-10-6-5-9-3-2-4-11-13(9)14(10)15(12)17-11/h2-3,7-9,11,13H,4-6H2,1H3. The fourth-order valence-electron chi connectivity index (χ4n) is 3.69. The number of hydrogen-bond acceptors (Lipinski definition) is 2. The van der Waals surface area contributed by atoms with E-state index in [0.717, 1.165) is 17.9 Å². The average Bonchev–Trinajstić information content (AvgIpc) is 2.77. The molecule has 1 heterocycles. The van der Waals surface area contributed by atoms with E-state index in [9.17, 15) is 0 Å². The molecule has 3 atom stereocenters. The van der Waals surface area contributed by atoms with Crippen molar-refractivity contribution in [2.24, 2.45) is 5.92 Å². The molecule has 3 aliphatic rings. The average molecular weight is 228 g/mol. The maximum atomic E-state index is 6.15. The highest BCUT2D eigenvalue weighted by Crippen LogP contribution is 2.54. The van der Waals surface area contributed by atoms with E-state index in [0.29, 0.717) is 17.9 Å². The fraction of sp³-hybridized carbons (Fsp3) is 0.467. The third kappa shape index (κ3) is 1.16. The summed E-state index contributed by atoms with van der Waals surface area (Å²) in [6.45, 7) is 0. The lowest BCUT2D eigenvalue weighted by molar-refractivity contribution is 0.172. The smallest absolute Gasteiger partial charge is 0.165 e. The maximum Gasteiger partial charge on any atom is 0.165 e. The second kappa shape index (κ2) is 3.28. The Balaban J connectivity index is 1.94. The molecule has 4 rings (SSSR count). The van der Waals surface area contributed by atoms with E-state index in [1.165, 1.54) is 24.0 Å². The summed E-state index contributed by atoms with van der Waals surface area (Å²) in [7, 11) is 1.72. The highest BCUT2D eigenvalue weighted by atomic mass is 16.5. The Morgan fingerprint density at radius 2 is 2.29 bits per heavy atom. The molecule has 0 saturated heterocycles. The summed E-state index contributed by atoms with van der Waals surface area (Å²) in [5.74, 6) is 3.18. The van der Waals surface area contributed by atoms with Crippen molar-refractivity contribution in [3.63, 3.8) is 0 Å². The largest absolute Gasteiger partial charge is 0.493 e. The zero-order valence-electron chi connectivity index (χ0n) is 9.98. The molecule has 3 unspecified atom stereocenters. The molecule has 1 aromatic rings. The van der Waals surface area contributed by atoms with Crippen LogP contribution in [-0.4, -0.2) is 13.2 Å². The second-order valence-electron chi connectivity index (χ2n) is 5.22. The molecule has 1 aliphatic heterocycles. The van der Waals surface area contributed by atoms with Crippen LogP contribution in [0.2, 0.25) is 0 Å². The Labute approximate surface area is 101 Å². The lowest BCUT2D eigenvalue weighted by atomic mass is 9.70. The van der Waals surface area contributed by atoms with Crippen LogP contribution in [0, 0.1) is 5.92 Å². The van der Waals surface area contributed by atoms with E-state index in [-0.39, 0.29) is 0 Å². The van der Waals surface area contributed by atoms with Crippen molar-refractivity contribution in [2.75, 3.05) is 7.11 Å². The molecule has 0 aromatic heterocycles. The van der Waals surface area contributed by atoms with Crippen LogP contribution in [-0.2, 0) is 6.42 Å². The van der Waals surface area contributed by atoms with Gasteiger partial charge in [0, 0.05) is 17.9 Å². The molecule has 0 amide bonds. The molecule has 0 fully saturated rings. The predicted octanol–water partition coefficient (Wildman–Crippen LogP) is 3.06. The summed E-state index contributed by atoms with van der Waals surface area (Å²) in [6.07, 6.45) is 8.50. The molecular weight excluding hydrogens is 212 g/mol. The van der Waals surface area contributed by atoms with Gasteiger partial charge < -0.3 is 9.47 Å². The van der Waals surface area contributed by atoms with E-state index < -0.39 is 0 Å². The van der Waals surface area contributed by atoms with Gasteiger partial charge in [-0.15, -0.1) is 0 Å². The first-order valence-corrected chi connectivity index (χ1v) is 6.41. The van der Waals surface area contributed by atoms with Crippen LogP contribution in [0.15, 0.2) is 24.3 Å². The van der Waals surface area contributed by atoms with Gasteiger partial charge in [0.2, 0.25) is 0 Å². The van der Waals surface area contributed by atoms with Crippen molar-refractivity contribution >= 4 is 0 Å². The van der Waals surface area contributed by atoms with E-state index >= 15 is 0 Å². The van der Waals surface area contributed by atoms with Gasteiger partial charge in [-0.1, -0.05) is 18.2 Å². The van der Waals surface area contributed by atoms with Crippen LogP contribution in [0.3, 0.4) is 0 Å². The first-order valence-electron chi connectivity index (χ1n) is 6.41. The number of ether oxygens (including phenoxy) is 2. The first kappa shape index (κ1) is 9.58. The van der Waals surface area contributed by atoms with Crippen molar-refractivity contribution in [3.05, 3.63) is 35.4 Å². The molecular formula is C15H16O2. The van der Waals surface area contributed by atoms with E-state index in [2.05, 4.69) is 24.3 Å². The Bertz CT molecular complexity index is 504. The maximum absolute atomic E-state index is 6.15. The van der Waals surface area contributed by atoms with Crippen LogP contribution < -0.4 is 9.47 Å². The minimum absolute atomic E-state index is 0.343. The Morgan fingerprint density at radius 1 is 1.35 bits per heavy atom. The minimum atomic E-state index is 0.343. The number of benzene rings is 1. The van der Waals surface area contributed by atoms with Gasteiger partial charge >= 0.3 is 0 Å². The van der Waals surface area contributed by atoms with Crippen molar-refractivity contribution in [2.45, 2.75) is 31.3 Å². The van der Waals surface area contributed by atoms with Crippen molar-refractivity contribution in [1.29, 1.82) is 0 Å². The van der Waals surface area contributed by atoms with Crippen LogP contribution in [0.4, 0.5) is 0 Å². The molecule has 0 radical (unpaired) electrons. The Kier molecular flexibility index (Phi) is 1.85. The van der Waals surface area contributed by atoms with E-state index in [1.54, 1.807) is 7.11 Å². The monoisotopic (exact) mass is 228 g/mol. The van der Waals surface area contributed by atoms with Gasteiger partial charge in [0.25, 0.3) is 0 Å². The summed E-state index contributed by atoms with van der Waals surface area (Å²) in [5, 5.41) is 0. The third-order valence-electron chi connectivity index (χ3n) is 4.43. The highest BCUT2D eigenvalue weighted by Gasteiger charge is 2.44. The number of rotatable bonds is 1. The molecule has 17 heavy (non-hydrogen) atoms. The second-order valence-corrected chi connectivity index (χ2v) is 5.22. The van der Waals surface area contributed by atoms with Gasteiger partial charge in [-0.25, -0.2) is 0 Å². The number of allylic oxidation sites excluding steroid dienone is 1. The zero-order valence-corrected chi connectivity index (χ0v) is 9.98. The SMILES string of the molecule is COc1ccc2c3c1OC1CC=CC(CC2)C31. The summed E-state index contributed by atoms with van der Waals surface area (Å²) in [4.78, 5) is 0. The van der Waals surface area contributed by atoms with Gasteiger partial charge in [-0.05, 0) is 30.4 Å². The van der Waals surface area contributed by atoms with Crippen molar-refractivity contribution in [3.8, 4) is 11.5 Å². The quantitative estimate of drug-likeness (QED) is 0.688. The molecule has 1 aromatic carbocycles. The lowest BCUT2D eigenvalue weighted by Gasteiger charge is -2.32. The molecule has 2 nitrogen and oxygen atoms in total. The predicted molar refractivity (Wildman–Crippen MR) is 65.7 cm³/mol. The van der Waals surface area contributed by atoms with Crippen LogP contribution >= 0.6 is 0 Å². The van der Waals surface area contributed by atoms with Crippen molar-refractivity contribution in [1.82, 2.24) is 0 Å². The first-order chi connectivity index (χ1) is 8.38. The van der Waals surface area contributed by atoms with Gasteiger partial charge in [-0.3, -0.25) is 0 Å². The lowest BCUT2D eigenvalue weighted by Crippen LogP contribution is -2.29. The third-order valence-corrected chi connectivity index (χ3v) is 4.43. The van der Waals surface area contributed by atoms with Gasteiger partial charge in [0.1, 0.15) is 6.10 Å². The summed E-state index contributed by atoms with van der Waals surface area (Å²) in [6, 6.07) is 4.28. The van der Waals surface area contributed by atoms with E-state index in [1.807, 2.05) is 0 Å². The van der Waals surface area contributed by atoms with Gasteiger partial charge in [0.05, 0.1) is 7.11 Å². The summed E-state index contributed by atoms with van der Waals surface area (Å²) < 4.78 is 11.6.